The van der Waals surface area contributed by atoms with E-state index >= 15 is 0 Å². The summed E-state index contributed by atoms with van der Waals surface area (Å²) >= 11 is 2.77. The largest absolute Gasteiger partial charge is 0.119 e. The molecule has 1 heteroatoms. The molecule has 0 aliphatic rings. The SMILES string of the molecule is CC([CH2][Al])c1ccccc1. The van der Waals surface area contributed by atoms with Gasteiger partial charge in [0, 0.05) is 0 Å². The van der Waals surface area contributed by atoms with Gasteiger partial charge in [0.05, 0.1) is 0 Å². The monoisotopic (exact) mass is 146 g/mol. The van der Waals surface area contributed by atoms with Crippen LogP contribution in [0.2, 0.25) is 5.28 Å². The van der Waals surface area contributed by atoms with Crippen LogP contribution in [0.4, 0.5) is 0 Å². The van der Waals surface area contributed by atoms with Crippen molar-refractivity contribution in [2.45, 2.75) is 18.1 Å². The molecular formula is C9H11Al. The van der Waals surface area contributed by atoms with E-state index in [2.05, 4.69) is 53.5 Å². The lowest BCUT2D eigenvalue weighted by Crippen LogP contribution is -1.90. The second kappa shape index (κ2) is 3.81. The van der Waals surface area contributed by atoms with Crippen LogP contribution in [0.3, 0.4) is 0 Å². The molecule has 1 aromatic carbocycles. The van der Waals surface area contributed by atoms with E-state index in [0.29, 0.717) is 5.92 Å². The molecule has 1 atom stereocenters. The normalized spacial score (nSPS) is 12.9. The molecule has 0 amide bonds. The topological polar surface area (TPSA) is 0 Å². The third-order valence-electron chi connectivity index (χ3n) is 1.72. The van der Waals surface area contributed by atoms with E-state index in [-0.39, 0.29) is 0 Å². The van der Waals surface area contributed by atoms with Gasteiger partial charge in [-0.25, -0.2) is 0 Å². The lowest BCUT2D eigenvalue weighted by molar-refractivity contribution is 0.864. The predicted octanol–water partition coefficient (Wildman–Crippen LogP) is 2.38. The highest BCUT2D eigenvalue weighted by Gasteiger charge is 1.98. The highest BCUT2D eigenvalue weighted by molar-refractivity contribution is 6.09. The fourth-order valence-corrected chi connectivity index (χ4v) is 1.19. The zero-order valence-electron chi connectivity index (χ0n) is 6.25. The van der Waals surface area contributed by atoms with E-state index in [1.165, 1.54) is 5.56 Å². The third kappa shape index (κ3) is 1.87. The molecule has 1 unspecified atom stereocenters. The molecule has 2 radical (unpaired) electrons. The van der Waals surface area contributed by atoms with Gasteiger partial charge >= 0.3 is 0 Å². The lowest BCUT2D eigenvalue weighted by Gasteiger charge is -2.07. The van der Waals surface area contributed by atoms with Crippen LogP contribution in [0.1, 0.15) is 18.4 Å². The Hall–Kier alpha value is -0.248. The molecule has 50 valence electrons. The third-order valence-corrected chi connectivity index (χ3v) is 2.43. The first-order valence-electron chi connectivity index (χ1n) is 3.59. The molecule has 0 spiro atoms. The molecule has 0 nitrogen and oxygen atoms in total. The summed E-state index contributed by atoms with van der Waals surface area (Å²) in [7, 11) is 0. The Morgan fingerprint density at radius 1 is 1.30 bits per heavy atom. The van der Waals surface area contributed by atoms with Crippen LogP contribution in [-0.2, 0) is 0 Å². The molecule has 0 aliphatic heterocycles. The molecule has 0 N–H and O–H groups in total. The van der Waals surface area contributed by atoms with E-state index in [9.17, 15) is 0 Å². The van der Waals surface area contributed by atoms with Crippen LogP contribution in [0.25, 0.3) is 0 Å². The molecule has 0 aromatic heterocycles. The van der Waals surface area contributed by atoms with Gasteiger partial charge in [0.1, 0.15) is 16.3 Å². The summed E-state index contributed by atoms with van der Waals surface area (Å²) in [6.07, 6.45) is 0. The summed E-state index contributed by atoms with van der Waals surface area (Å²) < 4.78 is 0. The van der Waals surface area contributed by atoms with Crippen molar-refractivity contribution in [1.82, 2.24) is 0 Å². The Morgan fingerprint density at radius 2 is 1.90 bits per heavy atom. The summed E-state index contributed by atoms with van der Waals surface area (Å²) in [5, 5.41) is 1.14. The van der Waals surface area contributed by atoms with E-state index in [1.54, 1.807) is 0 Å². The Labute approximate surface area is 70.7 Å². The fraction of sp³-hybridized carbons (Fsp3) is 0.333. The van der Waals surface area contributed by atoms with Gasteiger partial charge in [-0.1, -0.05) is 37.3 Å². The molecular weight excluding hydrogens is 135 g/mol. The predicted molar refractivity (Wildman–Crippen MR) is 45.4 cm³/mol. The van der Waals surface area contributed by atoms with Crippen molar-refractivity contribution < 1.29 is 0 Å². The van der Waals surface area contributed by atoms with Crippen molar-refractivity contribution in [2.75, 3.05) is 0 Å². The summed E-state index contributed by atoms with van der Waals surface area (Å²) in [5.74, 6) is 0.672. The molecule has 0 heterocycles. The Kier molecular flexibility index (Phi) is 2.99. The molecule has 0 bridgehead atoms. The van der Waals surface area contributed by atoms with E-state index < -0.39 is 0 Å². The van der Waals surface area contributed by atoms with Crippen molar-refractivity contribution in [3.8, 4) is 0 Å². The Balaban J connectivity index is 2.75. The average molecular weight is 146 g/mol. The lowest BCUT2D eigenvalue weighted by atomic mass is 10.0. The maximum Gasteiger partial charge on any atom is 0.119 e. The maximum absolute atomic E-state index is 2.77. The average Bonchev–Trinajstić information content (AvgIpc) is 2.05. The maximum atomic E-state index is 2.77. The van der Waals surface area contributed by atoms with Crippen LogP contribution < -0.4 is 0 Å². The minimum absolute atomic E-state index is 0.672. The molecule has 1 rings (SSSR count). The van der Waals surface area contributed by atoms with Crippen molar-refractivity contribution in [1.29, 1.82) is 0 Å². The van der Waals surface area contributed by atoms with Gasteiger partial charge in [0.2, 0.25) is 0 Å². The van der Waals surface area contributed by atoms with Gasteiger partial charge in [-0.2, -0.15) is 0 Å². The highest BCUT2D eigenvalue weighted by Crippen LogP contribution is 2.16. The minimum atomic E-state index is 0.672. The number of rotatable bonds is 2. The van der Waals surface area contributed by atoms with E-state index in [0.717, 1.165) is 5.28 Å². The van der Waals surface area contributed by atoms with Gasteiger partial charge in [-0.15, -0.1) is 5.28 Å². The van der Waals surface area contributed by atoms with Crippen molar-refractivity contribution >= 4 is 16.3 Å². The second-order valence-electron chi connectivity index (χ2n) is 2.55. The smallest absolute Gasteiger partial charge is 0.111 e. The molecule has 1 aromatic rings. The van der Waals surface area contributed by atoms with Crippen LogP contribution >= 0.6 is 0 Å². The number of hydrogen-bond donors (Lipinski definition) is 0. The van der Waals surface area contributed by atoms with E-state index in [4.69, 9.17) is 0 Å². The van der Waals surface area contributed by atoms with Crippen molar-refractivity contribution in [3.05, 3.63) is 35.9 Å². The zero-order chi connectivity index (χ0) is 7.40. The van der Waals surface area contributed by atoms with Gasteiger partial charge in [-0.05, 0) is 11.5 Å². The van der Waals surface area contributed by atoms with Crippen molar-refractivity contribution in [3.63, 3.8) is 0 Å². The summed E-state index contributed by atoms with van der Waals surface area (Å²) in [6, 6.07) is 10.6. The van der Waals surface area contributed by atoms with Crippen LogP contribution in [0.15, 0.2) is 30.3 Å². The standard InChI is InChI=1S/C9H11.Al/c1-8(2)9-6-4-3-5-7-9;/h3-8H,1H2,2H3;. The fourth-order valence-electron chi connectivity index (χ4n) is 0.918. The molecule has 0 saturated heterocycles. The first-order chi connectivity index (χ1) is 4.84. The van der Waals surface area contributed by atoms with Gasteiger partial charge in [-0.3, -0.25) is 0 Å². The van der Waals surface area contributed by atoms with Gasteiger partial charge in [0.15, 0.2) is 0 Å². The molecule has 10 heavy (non-hydrogen) atoms. The minimum Gasteiger partial charge on any atom is -0.111 e. The van der Waals surface area contributed by atoms with Crippen molar-refractivity contribution in [2.24, 2.45) is 0 Å². The number of hydrogen-bond acceptors (Lipinski definition) is 0. The van der Waals surface area contributed by atoms with Crippen LogP contribution in [0, 0.1) is 0 Å². The highest BCUT2D eigenvalue weighted by atomic mass is 27.0. The first kappa shape index (κ1) is 7.86. The summed E-state index contributed by atoms with van der Waals surface area (Å²) in [5.41, 5.74) is 1.43. The van der Waals surface area contributed by atoms with Gasteiger partial charge in [0.25, 0.3) is 0 Å². The second-order valence-corrected chi connectivity index (χ2v) is 3.02. The van der Waals surface area contributed by atoms with Gasteiger partial charge < -0.3 is 0 Å². The Morgan fingerprint density at radius 3 is 2.40 bits per heavy atom. The van der Waals surface area contributed by atoms with E-state index in [1.807, 2.05) is 0 Å². The summed E-state index contributed by atoms with van der Waals surface area (Å²) in [6.45, 7) is 2.24. The molecule has 0 aliphatic carbocycles. The number of benzene rings is 1. The first-order valence-corrected chi connectivity index (χ1v) is 4.41. The van der Waals surface area contributed by atoms with Crippen LogP contribution in [-0.4, -0.2) is 16.3 Å². The van der Waals surface area contributed by atoms with Crippen LogP contribution in [0.5, 0.6) is 0 Å². The quantitative estimate of drug-likeness (QED) is 0.562. The molecule has 0 fully saturated rings. The zero-order valence-corrected chi connectivity index (χ0v) is 7.40. The Bertz CT molecular complexity index is 181. The summed E-state index contributed by atoms with van der Waals surface area (Å²) in [4.78, 5) is 0. The molecule has 0 saturated carbocycles.